The van der Waals surface area contributed by atoms with E-state index in [-0.39, 0.29) is 0 Å². The first-order valence-electron chi connectivity index (χ1n) is 16.0. The molecular weight excluding hydrogens is 636 g/mol. The first-order chi connectivity index (χ1) is 24.9. The van der Waals surface area contributed by atoms with Crippen molar-refractivity contribution in [1.29, 1.82) is 0 Å². The molecule has 0 spiro atoms. The molecule has 0 fully saturated rings. The van der Waals surface area contributed by atoms with Crippen LogP contribution in [0.1, 0.15) is 63.7 Å². The average molecular weight is 661 g/mol. The van der Waals surface area contributed by atoms with Crippen molar-refractivity contribution in [3.63, 3.8) is 0 Å². The number of hydrogen-bond donors (Lipinski definition) is 0. The molecule has 8 rings (SSSR count). The number of ether oxygens (including phenoxy) is 1. The first-order valence-corrected chi connectivity index (χ1v) is 16.0. The molecule has 240 valence electrons. The van der Waals surface area contributed by atoms with Crippen molar-refractivity contribution in [2.24, 2.45) is 0 Å². The molecule has 7 nitrogen and oxygen atoms in total. The largest absolute Gasteiger partial charge is 0.457 e. The minimum Gasteiger partial charge on any atom is -0.457 e. The van der Waals surface area contributed by atoms with Crippen LogP contribution in [-0.4, -0.2) is 23.6 Å². The zero-order valence-electron chi connectivity index (χ0n) is 26.8. The van der Waals surface area contributed by atoms with Crippen LogP contribution in [0.15, 0.2) is 146 Å². The summed E-state index contributed by atoms with van der Waals surface area (Å²) in [6.45, 7) is 0. The van der Waals surface area contributed by atoms with Crippen LogP contribution in [0, 0.1) is 23.7 Å². The molecule has 0 radical (unpaired) electrons. The molecule has 6 aromatic rings. The van der Waals surface area contributed by atoms with Crippen LogP contribution >= 0.6 is 0 Å². The molecule has 51 heavy (non-hydrogen) atoms. The average Bonchev–Trinajstić information content (AvgIpc) is 3.57. The van der Waals surface area contributed by atoms with Crippen LogP contribution < -0.4 is 14.5 Å². The number of amides is 4. The lowest BCUT2D eigenvalue weighted by atomic mass is 10.1. The molecule has 0 N–H and O–H groups in total. The van der Waals surface area contributed by atoms with Gasteiger partial charge in [-0.05, 0) is 109 Å². The van der Waals surface area contributed by atoms with Crippen molar-refractivity contribution in [2.75, 3.05) is 9.80 Å². The van der Waals surface area contributed by atoms with Crippen molar-refractivity contribution in [3.8, 4) is 35.2 Å². The van der Waals surface area contributed by atoms with E-state index in [1.54, 1.807) is 84.9 Å². The van der Waals surface area contributed by atoms with Gasteiger partial charge in [0, 0.05) is 22.3 Å². The second kappa shape index (κ2) is 12.9. The summed E-state index contributed by atoms with van der Waals surface area (Å²) in [6.07, 6.45) is 0. The van der Waals surface area contributed by atoms with Gasteiger partial charge in [-0.1, -0.05) is 60.1 Å². The molecular formula is C44H24N2O5. The second-order valence-electron chi connectivity index (χ2n) is 11.7. The fourth-order valence-electron chi connectivity index (χ4n) is 5.90. The van der Waals surface area contributed by atoms with E-state index in [1.807, 2.05) is 60.7 Å². The Labute approximate surface area is 293 Å². The number of nitrogens with zero attached hydrogens (tertiary/aromatic N) is 2. The van der Waals surface area contributed by atoms with Gasteiger partial charge in [0.2, 0.25) is 0 Å². The van der Waals surface area contributed by atoms with E-state index in [0.29, 0.717) is 56.3 Å². The van der Waals surface area contributed by atoms with Crippen molar-refractivity contribution in [2.45, 2.75) is 0 Å². The highest BCUT2D eigenvalue weighted by Crippen LogP contribution is 2.33. The maximum Gasteiger partial charge on any atom is 0.266 e. The Morgan fingerprint density at radius 3 is 1.10 bits per heavy atom. The molecule has 0 atom stereocenters. The number of rotatable bonds is 4. The van der Waals surface area contributed by atoms with E-state index >= 15 is 0 Å². The van der Waals surface area contributed by atoms with Gasteiger partial charge in [0.15, 0.2) is 0 Å². The van der Waals surface area contributed by atoms with Crippen molar-refractivity contribution < 1.29 is 23.9 Å². The van der Waals surface area contributed by atoms with Gasteiger partial charge in [-0.15, -0.1) is 0 Å². The molecule has 2 heterocycles. The third kappa shape index (κ3) is 5.93. The Kier molecular flexibility index (Phi) is 7.77. The van der Waals surface area contributed by atoms with Crippen LogP contribution in [0.3, 0.4) is 0 Å². The molecule has 2 aliphatic heterocycles. The van der Waals surface area contributed by atoms with E-state index in [2.05, 4.69) is 23.7 Å². The first kappa shape index (κ1) is 30.8. The topological polar surface area (TPSA) is 84.0 Å². The van der Waals surface area contributed by atoms with Crippen molar-refractivity contribution in [1.82, 2.24) is 0 Å². The highest BCUT2D eigenvalue weighted by Gasteiger charge is 2.38. The molecule has 4 amide bonds. The van der Waals surface area contributed by atoms with Crippen molar-refractivity contribution in [3.05, 3.63) is 190 Å². The van der Waals surface area contributed by atoms with Crippen LogP contribution in [0.2, 0.25) is 0 Å². The number of hydrogen-bond acceptors (Lipinski definition) is 5. The SMILES string of the molecule is O=C1c2ccc(C#Cc3ccccc3)cc2C(=O)N1c1ccc(Oc2ccc(N3C(=O)c4ccc(C#Cc5ccccc5)cc4C3=O)cc2)cc1. The monoisotopic (exact) mass is 660 g/mol. The molecule has 0 aliphatic carbocycles. The third-order valence-corrected chi connectivity index (χ3v) is 8.45. The normalized spacial score (nSPS) is 12.9. The number of anilines is 2. The van der Waals surface area contributed by atoms with Gasteiger partial charge in [0.25, 0.3) is 23.6 Å². The van der Waals surface area contributed by atoms with Crippen LogP contribution in [0.4, 0.5) is 11.4 Å². The Morgan fingerprint density at radius 2 is 0.706 bits per heavy atom. The fraction of sp³-hybridized carbons (Fsp3) is 0. The maximum atomic E-state index is 13.3. The van der Waals surface area contributed by atoms with Gasteiger partial charge in [-0.3, -0.25) is 19.2 Å². The minimum atomic E-state index is -0.424. The molecule has 0 saturated carbocycles. The highest BCUT2D eigenvalue weighted by molar-refractivity contribution is 6.35. The molecule has 0 unspecified atom stereocenters. The zero-order chi connectivity index (χ0) is 34.9. The van der Waals surface area contributed by atoms with Gasteiger partial charge >= 0.3 is 0 Å². The predicted octanol–water partition coefficient (Wildman–Crippen LogP) is 7.88. The number of fused-ring (bicyclic) bond motifs is 2. The maximum absolute atomic E-state index is 13.3. The van der Waals surface area contributed by atoms with E-state index in [9.17, 15) is 19.2 Å². The fourth-order valence-corrected chi connectivity index (χ4v) is 5.90. The van der Waals surface area contributed by atoms with E-state index in [4.69, 9.17) is 4.74 Å². The third-order valence-electron chi connectivity index (χ3n) is 8.45. The van der Waals surface area contributed by atoms with Gasteiger partial charge in [0.1, 0.15) is 11.5 Å². The summed E-state index contributed by atoms with van der Waals surface area (Å²) in [4.78, 5) is 55.4. The van der Waals surface area contributed by atoms with Crippen LogP contribution in [-0.2, 0) is 0 Å². The molecule has 0 saturated heterocycles. The predicted molar refractivity (Wildman–Crippen MR) is 193 cm³/mol. The zero-order valence-corrected chi connectivity index (χ0v) is 26.8. The summed E-state index contributed by atoms with van der Waals surface area (Å²) in [5, 5.41) is 0. The number of benzene rings is 6. The second-order valence-corrected chi connectivity index (χ2v) is 11.7. The Hall–Kier alpha value is -7.48. The van der Waals surface area contributed by atoms with Gasteiger partial charge in [-0.25, -0.2) is 9.80 Å². The van der Waals surface area contributed by atoms with E-state index in [1.165, 1.54) is 0 Å². The molecule has 0 bridgehead atoms. The standard InChI is InChI=1S/C44H24N2O5/c47-41-37-25-15-31(13-11-29-7-3-1-4-8-29)27-39(37)43(49)45(41)33-17-21-35(22-18-33)51-36-23-19-34(20-24-36)46-42(48)38-26-16-32(28-40(38)44(46)50)14-12-30-9-5-2-6-10-30/h1-10,15-28H. The molecule has 0 aromatic heterocycles. The van der Waals surface area contributed by atoms with Crippen LogP contribution in [0.25, 0.3) is 0 Å². The minimum absolute atomic E-state index is 0.301. The van der Waals surface area contributed by atoms with E-state index < -0.39 is 23.6 Å². The van der Waals surface area contributed by atoms with Gasteiger partial charge in [0.05, 0.1) is 33.6 Å². The Morgan fingerprint density at radius 1 is 0.353 bits per heavy atom. The summed E-state index contributed by atoms with van der Waals surface area (Å²) in [6, 6.07) is 42.2. The number of carbonyl (C=O) groups excluding carboxylic acids is 4. The quantitative estimate of drug-likeness (QED) is 0.142. The lowest BCUT2D eigenvalue weighted by Crippen LogP contribution is -2.29. The molecule has 2 aliphatic rings. The summed E-state index contributed by atoms with van der Waals surface area (Å²) in [7, 11) is 0. The lowest BCUT2D eigenvalue weighted by Gasteiger charge is -2.16. The Balaban J connectivity index is 0.939. The molecule has 7 heteroatoms. The summed E-state index contributed by atoms with van der Waals surface area (Å²) in [5.41, 5.74) is 5.02. The smallest absolute Gasteiger partial charge is 0.266 e. The van der Waals surface area contributed by atoms with Crippen LogP contribution in [0.5, 0.6) is 11.5 Å². The molecule has 6 aromatic carbocycles. The van der Waals surface area contributed by atoms with Crippen molar-refractivity contribution >= 4 is 35.0 Å². The van der Waals surface area contributed by atoms with Gasteiger partial charge in [-0.2, -0.15) is 0 Å². The number of imide groups is 2. The Bertz CT molecular complexity index is 2340. The highest BCUT2D eigenvalue weighted by atomic mass is 16.5. The van der Waals surface area contributed by atoms with E-state index in [0.717, 1.165) is 20.9 Å². The summed E-state index contributed by atoms with van der Waals surface area (Å²) in [5.74, 6) is 11.5. The summed E-state index contributed by atoms with van der Waals surface area (Å²) < 4.78 is 6.00. The summed E-state index contributed by atoms with van der Waals surface area (Å²) >= 11 is 0. The lowest BCUT2D eigenvalue weighted by molar-refractivity contribution is 0.0910. The van der Waals surface area contributed by atoms with Gasteiger partial charge < -0.3 is 4.74 Å². The number of carbonyl (C=O) groups is 4.